The molecule has 5 rings (SSSR count). The van der Waals surface area contributed by atoms with Crippen LogP contribution in [0.1, 0.15) is 54.8 Å². The summed E-state index contributed by atoms with van der Waals surface area (Å²) in [6.07, 6.45) is 6.91. The Bertz CT molecular complexity index is 1350. The van der Waals surface area contributed by atoms with E-state index in [1.54, 1.807) is 31.3 Å². The fourth-order valence-corrected chi connectivity index (χ4v) is 4.57. The lowest BCUT2D eigenvalue weighted by Crippen LogP contribution is -2.42. The van der Waals surface area contributed by atoms with E-state index < -0.39 is 11.5 Å². The van der Waals surface area contributed by atoms with Gasteiger partial charge in [0.2, 0.25) is 5.69 Å². The second-order valence-corrected chi connectivity index (χ2v) is 9.33. The molecule has 1 fully saturated rings. The summed E-state index contributed by atoms with van der Waals surface area (Å²) in [5.41, 5.74) is 2.94. The molecule has 8 heteroatoms. The summed E-state index contributed by atoms with van der Waals surface area (Å²) >= 11 is 0. The predicted octanol–water partition coefficient (Wildman–Crippen LogP) is 4.05. The Morgan fingerprint density at radius 1 is 1.18 bits per heavy atom. The van der Waals surface area contributed by atoms with Crippen LogP contribution in [0.5, 0.6) is 0 Å². The molecule has 0 aliphatic heterocycles. The summed E-state index contributed by atoms with van der Waals surface area (Å²) in [6.45, 7) is 3.61. The van der Waals surface area contributed by atoms with E-state index in [4.69, 9.17) is 5.10 Å². The Labute approximate surface area is 197 Å². The zero-order valence-electron chi connectivity index (χ0n) is 19.3. The van der Waals surface area contributed by atoms with Crippen LogP contribution in [0.25, 0.3) is 22.2 Å². The first-order valence-corrected chi connectivity index (χ1v) is 11.5. The quantitative estimate of drug-likeness (QED) is 0.316. The molecule has 0 unspecified atom stereocenters. The third-order valence-electron chi connectivity index (χ3n) is 6.64. The molecule has 0 saturated heterocycles. The average Bonchev–Trinajstić information content (AvgIpc) is 3.23. The van der Waals surface area contributed by atoms with E-state index in [0.29, 0.717) is 17.1 Å². The summed E-state index contributed by atoms with van der Waals surface area (Å²) in [4.78, 5) is 17.5. The number of pyridine rings is 2. The van der Waals surface area contributed by atoms with Crippen molar-refractivity contribution in [1.82, 2.24) is 14.8 Å². The number of aryl methyl sites for hydroxylation is 1. The lowest BCUT2D eigenvalue weighted by atomic mass is 9.84. The molecule has 1 saturated carbocycles. The van der Waals surface area contributed by atoms with Crippen LogP contribution in [0.4, 0.5) is 5.69 Å². The van der Waals surface area contributed by atoms with Gasteiger partial charge < -0.3 is 10.4 Å². The highest BCUT2D eigenvalue weighted by Gasteiger charge is 2.30. The zero-order chi connectivity index (χ0) is 23.9. The van der Waals surface area contributed by atoms with Crippen molar-refractivity contribution in [2.75, 3.05) is 5.32 Å². The van der Waals surface area contributed by atoms with Crippen LogP contribution in [0, 0.1) is 6.92 Å². The normalized spacial score (nSPS) is 20.4. The summed E-state index contributed by atoms with van der Waals surface area (Å²) in [5.74, 6) is -0.426. The van der Waals surface area contributed by atoms with Gasteiger partial charge >= 0.3 is 11.6 Å². The van der Waals surface area contributed by atoms with E-state index in [-0.39, 0.29) is 11.7 Å². The third kappa shape index (κ3) is 4.24. The number of aromatic nitrogens is 4. The van der Waals surface area contributed by atoms with Crippen LogP contribution in [-0.4, -0.2) is 36.6 Å². The smallest absolute Gasteiger partial charge is 0.325 e. The Balaban J connectivity index is 1.54. The highest BCUT2D eigenvalue weighted by molar-refractivity contribution is 6.06. The number of hydrogen-bond donors (Lipinski definition) is 3. The number of aliphatic hydroxyl groups is 1. The van der Waals surface area contributed by atoms with Gasteiger partial charge in [-0.1, -0.05) is 6.07 Å². The minimum atomic E-state index is -0.605. The lowest BCUT2D eigenvalue weighted by molar-refractivity contribution is -0.909. The molecular weight excluding hydrogens is 430 g/mol. The summed E-state index contributed by atoms with van der Waals surface area (Å²) in [6, 6.07) is 14.7. The van der Waals surface area contributed by atoms with Crippen molar-refractivity contribution >= 4 is 22.5 Å². The van der Waals surface area contributed by atoms with Crippen molar-refractivity contribution in [3.05, 3.63) is 72.3 Å². The van der Waals surface area contributed by atoms with Crippen molar-refractivity contribution in [3.63, 3.8) is 0 Å². The molecule has 1 aromatic carbocycles. The monoisotopic (exact) mass is 458 g/mol. The van der Waals surface area contributed by atoms with E-state index in [1.165, 1.54) is 0 Å². The molecule has 1 aliphatic rings. The van der Waals surface area contributed by atoms with Crippen LogP contribution in [-0.2, 0) is 0 Å². The Morgan fingerprint density at radius 3 is 2.71 bits per heavy atom. The number of fused-ring (bicyclic) bond motifs is 1. The van der Waals surface area contributed by atoms with E-state index in [0.717, 1.165) is 46.9 Å². The number of carbonyl (C=O) groups excluding carboxylic acids is 1. The number of carbonyl (C=O) groups is 1. The van der Waals surface area contributed by atoms with Gasteiger partial charge in [0.15, 0.2) is 0 Å². The van der Waals surface area contributed by atoms with Gasteiger partial charge in [-0.3, -0.25) is 19.7 Å². The number of rotatable bonds is 4. The second-order valence-electron chi connectivity index (χ2n) is 9.33. The van der Waals surface area contributed by atoms with Gasteiger partial charge in [0, 0.05) is 47.1 Å². The van der Waals surface area contributed by atoms with Gasteiger partial charge in [0.25, 0.3) is 0 Å². The number of hydrogen-bond acceptors (Lipinski definition) is 5. The molecular formula is C26H28N5O3+. The minimum Gasteiger partial charge on any atom is -0.390 e. The molecule has 1 aliphatic carbocycles. The third-order valence-corrected chi connectivity index (χ3v) is 6.64. The van der Waals surface area contributed by atoms with Gasteiger partial charge in [-0.05, 0) is 62.9 Å². The molecule has 8 nitrogen and oxygen atoms in total. The van der Waals surface area contributed by atoms with Crippen LogP contribution >= 0.6 is 0 Å². The van der Waals surface area contributed by atoms with Crippen molar-refractivity contribution < 1.29 is 19.8 Å². The highest BCUT2D eigenvalue weighted by atomic mass is 16.5. The van der Waals surface area contributed by atoms with Crippen molar-refractivity contribution in [2.24, 2.45) is 0 Å². The first kappa shape index (κ1) is 22.0. The van der Waals surface area contributed by atoms with E-state index >= 15 is 0 Å². The van der Waals surface area contributed by atoms with Gasteiger partial charge in [0.1, 0.15) is 0 Å². The topological polar surface area (TPSA) is 104 Å². The molecule has 0 atom stereocenters. The molecule has 34 heavy (non-hydrogen) atoms. The number of amides is 1. The molecule has 1 amide bonds. The fourth-order valence-electron chi connectivity index (χ4n) is 4.57. The van der Waals surface area contributed by atoms with Crippen molar-refractivity contribution in [3.8, 4) is 11.3 Å². The maximum Gasteiger partial charge on any atom is 0.325 e. The van der Waals surface area contributed by atoms with Gasteiger partial charge in [-0.25, -0.2) is 0 Å². The maximum absolute atomic E-state index is 13.1. The molecule has 174 valence electrons. The number of anilines is 1. The van der Waals surface area contributed by atoms with Gasteiger partial charge in [-0.2, -0.15) is 5.10 Å². The SMILES string of the molecule is Cc1cccc(C(=O)Nc2cc3cn([C@H]4CC[C@](C)(O)CC4)nc3cc2-c2ccccn2)[n+]1O. The Hall–Kier alpha value is -3.78. The van der Waals surface area contributed by atoms with E-state index in [2.05, 4.69) is 10.3 Å². The fraction of sp³-hybridized carbons (Fsp3) is 0.308. The average molecular weight is 459 g/mol. The first-order chi connectivity index (χ1) is 16.3. The summed E-state index contributed by atoms with van der Waals surface area (Å²) in [5, 5.41) is 29.3. The minimum absolute atomic E-state index is 0.136. The van der Waals surface area contributed by atoms with Crippen LogP contribution in [0.2, 0.25) is 0 Å². The van der Waals surface area contributed by atoms with Gasteiger partial charge in [0.05, 0.1) is 28.5 Å². The number of nitrogens with one attached hydrogen (secondary N) is 1. The van der Waals surface area contributed by atoms with Crippen LogP contribution < -0.4 is 10.0 Å². The zero-order valence-corrected chi connectivity index (χ0v) is 19.3. The first-order valence-electron chi connectivity index (χ1n) is 11.5. The molecule has 3 N–H and O–H groups in total. The summed E-state index contributed by atoms with van der Waals surface area (Å²) in [7, 11) is 0. The molecule has 0 radical (unpaired) electrons. The lowest BCUT2D eigenvalue weighted by Gasteiger charge is -2.33. The molecule has 0 spiro atoms. The Kier molecular flexibility index (Phi) is 5.53. The Morgan fingerprint density at radius 2 is 1.97 bits per heavy atom. The number of nitrogens with zero attached hydrogens (tertiary/aromatic N) is 4. The maximum atomic E-state index is 13.1. The van der Waals surface area contributed by atoms with Crippen molar-refractivity contribution in [2.45, 2.75) is 51.2 Å². The molecule has 3 aromatic heterocycles. The largest absolute Gasteiger partial charge is 0.390 e. The van der Waals surface area contributed by atoms with Crippen molar-refractivity contribution in [1.29, 1.82) is 0 Å². The highest BCUT2D eigenvalue weighted by Crippen LogP contribution is 2.36. The standard InChI is InChI=1S/C26H27N5O3/c1-17-6-5-8-24(31(17)34)25(32)28-23-14-18-16-30(19-9-11-26(2,33)12-10-19)29-22(18)15-20(23)21-7-3-4-13-27-21/h3-8,13-16,19,33H,9-12H2,1-2H3,(H-,28,32,34)/p+1/t19-,26-. The van der Waals surface area contributed by atoms with Crippen LogP contribution in [0.3, 0.4) is 0 Å². The number of benzene rings is 1. The molecule has 4 aromatic rings. The second kappa shape index (κ2) is 8.53. The molecule has 3 heterocycles. The van der Waals surface area contributed by atoms with E-state index in [9.17, 15) is 15.1 Å². The van der Waals surface area contributed by atoms with Crippen LogP contribution in [0.15, 0.2) is 60.9 Å². The summed E-state index contributed by atoms with van der Waals surface area (Å²) < 4.78 is 2.86. The molecule has 0 bridgehead atoms. The van der Waals surface area contributed by atoms with E-state index in [1.807, 2.05) is 48.1 Å². The predicted molar refractivity (Wildman–Crippen MR) is 128 cm³/mol. The van der Waals surface area contributed by atoms with Gasteiger partial charge in [-0.15, -0.1) is 0 Å².